The Hall–Kier alpha value is -0.650. The lowest BCUT2D eigenvalue weighted by molar-refractivity contribution is -0.322. The Morgan fingerprint density at radius 3 is 2.56 bits per heavy atom. The maximum atomic E-state index is 11.9. The summed E-state index contributed by atoms with van der Waals surface area (Å²) in [6.07, 6.45) is -8.08. The van der Waals surface area contributed by atoms with Crippen molar-refractivity contribution in [1.29, 1.82) is 0 Å². The molecule has 0 aromatic carbocycles. The molecule has 10 atom stereocenters. The number of carbonyl (C=O) groups excluding carboxylic acids is 1. The van der Waals surface area contributed by atoms with Crippen LogP contribution in [0, 0.1) is 11.8 Å². The number of ether oxygens (including phenoxy) is 3. The Kier molecular flexibility index (Phi) is 5.22. The number of rotatable bonds is 3. The minimum absolute atomic E-state index is 0.0365. The van der Waals surface area contributed by atoms with Crippen LogP contribution in [0.15, 0.2) is 0 Å². The van der Waals surface area contributed by atoms with Gasteiger partial charge in [0.15, 0.2) is 12.1 Å². The summed E-state index contributed by atoms with van der Waals surface area (Å²) >= 11 is 0. The molecule has 3 fully saturated rings. The molecule has 144 valence electrons. The van der Waals surface area contributed by atoms with E-state index in [0.717, 1.165) is 0 Å². The van der Waals surface area contributed by atoms with Crippen molar-refractivity contribution in [1.82, 2.24) is 0 Å². The van der Waals surface area contributed by atoms with E-state index in [1.807, 2.05) is 0 Å². The van der Waals surface area contributed by atoms with Gasteiger partial charge in [0.05, 0.1) is 18.8 Å². The molecule has 0 aromatic rings. The Morgan fingerprint density at radius 1 is 1.24 bits per heavy atom. The van der Waals surface area contributed by atoms with Crippen molar-refractivity contribution in [2.75, 3.05) is 13.2 Å². The van der Waals surface area contributed by atoms with Gasteiger partial charge in [-0.15, -0.1) is 0 Å². The smallest absolute Gasteiger partial charge is 0.187 e. The maximum Gasteiger partial charge on any atom is 0.187 e. The van der Waals surface area contributed by atoms with E-state index in [-0.39, 0.29) is 24.2 Å². The average molecular weight is 362 g/mol. The van der Waals surface area contributed by atoms with E-state index in [1.165, 1.54) is 6.92 Å². The maximum absolute atomic E-state index is 11.9. The van der Waals surface area contributed by atoms with Crippen molar-refractivity contribution >= 4 is 5.78 Å². The Labute approximate surface area is 145 Å². The van der Waals surface area contributed by atoms with Crippen LogP contribution >= 0.6 is 0 Å². The fourth-order valence-corrected chi connectivity index (χ4v) is 4.06. The first-order chi connectivity index (χ1) is 11.7. The number of fused-ring (bicyclic) bond motifs is 1. The van der Waals surface area contributed by atoms with Crippen molar-refractivity contribution < 1.29 is 44.5 Å². The highest BCUT2D eigenvalue weighted by atomic mass is 16.7. The second-order valence-electron chi connectivity index (χ2n) is 7.43. The normalized spacial score (nSPS) is 53.7. The minimum Gasteiger partial charge on any atom is -0.394 e. The van der Waals surface area contributed by atoms with Gasteiger partial charge in [-0.05, 0) is 13.3 Å². The molecule has 9 heteroatoms. The van der Waals surface area contributed by atoms with Gasteiger partial charge in [0.2, 0.25) is 0 Å². The molecule has 0 aromatic heterocycles. The van der Waals surface area contributed by atoms with Crippen LogP contribution in [-0.4, -0.2) is 93.0 Å². The molecule has 2 heterocycles. The first-order valence-corrected chi connectivity index (χ1v) is 8.51. The van der Waals surface area contributed by atoms with Crippen LogP contribution in [0.4, 0.5) is 0 Å². The average Bonchev–Trinajstić information content (AvgIpc) is 2.82. The minimum atomic E-state index is -1.55. The quantitative estimate of drug-likeness (QED) is 0.369. The molecule has 0 bridgehead atoms. The van der Waals surface area contributed by atoms with Crippen molar-refractivity contribution in [2.24, 2.45) is 11.8 Å². The summed E-state index contributed by atoms with van der Waals surface area (Å²) < 4.78 is 16.6. The lowest BCUT2D eigenvalue weighted by Crippen LogP contribution is -2.61. The molecule has 10 unspecified atom stereocenters. The monoisotopic (exact) mass is 362 g/mol. The highest BCUT2D eigenvalue weighted by Gasteiger charge is 2.58. The fraction of sp³-hybridized carbons (Fsp3) is 0.938. The third-order valence-corrected chi connectivity index (χ3v) is 5.81. The van der Waals surface area contributed by atoms with E-state index >= 15 is 0 Å². The Bertz CT molecular complexity index is 508. The highest BCUT2D eigenvalue weighted by Crippen LogP contribution is 2.45. The van der Waals surface area contributed by atoms with Crippen LogP contribution < -0.4 is 0 Å². The number of ketones is 1. The molecular weight excluding hydrogens is 336 g/mol. The van der Waals surface area contributed by atoms with Crippen LogP contribution in [0.1, 0.15) is 20.3 Å². The van der Waals surface area contributed by atoms with Gasteiger partial charge in [0, 0.05) is 11.8 Å². The molecule has 25 heavy (non-hydrogen) atoms. The third kappa shape index (κ3) is 3.13. The van der Waals surface area contributed by atoms with Gasteiger partial charge in [-0.3, -0.25) is 4.79 Å². The van der Waals surface area contributed by atoms with Crippen LogP contribution in [0.3, 0.4) is 0 Å². The predicted molar refractivity (Wildman–Crippen MR) is 81.3 cm³/mol. The van der Waals surface area contributed by atoms with Gasteiger partial charge in [-0.2, -0.15) is 0 Å². The highest BCUT2D eigenvalue weighted by molar-refractivity contribution is 5.83. The van der Waals surface area contributed by atoms with Crippen molar-refractivity contribution in [2.45, 2.75) is 68.8 Å². The Morgan fingerprint density at radius 2 is 1.92 bits per heavy atom. The first kappa shape index (κ1) is 19.1. The number of carbonyl (C=O) groups is 1. The predicted octanol–water partition coefficient (Wildman–Crippen LogP) is -2.45. The zero-order chi connectivity index (χ0) is 18.5. The summed E-state index contributed by atoms with van der Waals surface area (Å²) in [7, 11) is 0. The molecule has 0 amide bonds. The van der Waals surface area contributed by atoms with E-state index < -0.39 is 55.1 Å². The van der Waals surface area contributed by atoms with Gasteiger partial charge < -0.3 is 39.7 Å². The molecule has 1 saturated carbocycles. The standard InChI is InChI=1S/C16H26O9/c1-6-7-3-10(16(2,22)14(7)23-5-8(6)18)25-15-13(21)12(20)11(19)9(4-17)24-15/h6-7,9-15,17,19-22H,3-5H2,1-2H3. The lowest BCUT2D eigenvalue weighted by Gasteiger charge is -2.42. The zero-order valence-electron chi connectivity index (χ0n) is 14.2. The topological polar surface area (TPSA) is 146 Å². The summed E-state index contributed by atoms with van der Waals surface area (Å²) in [5, 5.41) is 49.9. The summed E-state index contributed by atoms with van der Waals surface area (Å²) in [5.41, 5.74) is -1.42. The molecule has 1 aliphatic carbocycles. The SMILES string of the molecule is CC1C(=O)COC2C1CC(OC1OC(CO)C(O)C(O)C1O)C2(C)O. The molecular formula is C16H26O9. The second-order valence-corrected chi connectivity index (χ2v) is 7.43. The van der Waals surface area contributed by atoms with Crippen LogP contribution in [-0.2, 0) is 19.0 Å². The van der Waals surface area contributed by atoms with E-state index in [9.17, 15) is 30.3 Å². The fourth-order valence-electron chi connectivity index (χ4n) is 4.06. The first-order valence-electron chi connectivity index (χ1n) is 8.51. The van der Waals surface area contributed by atoms with Crippen molar-refractivity contribution in [3.63, 3.8) is 0 Å². The van der Waals surface area contributed by atoms with Gasteiger partial charge in [-0.25, -0.2) is 0 Å². The van der Waals surface area contributed by atoms with Gasteiger partial charge >= 0.3 is 0 Å². The zero-order valence-corrected chi connectivity index (χ0v) is 14.2. The summed E-state index contributed by atoms with van der Waals surface area (Å²) in [4.78, 5) is 11.9. The molecule has 3 rings (SSSR count). The number of hydrogen-bond donors (Lipinski definition) is 5. The number of aliphatic hydroxyl groups excluding tert-OH is 4. The third-order valence-electron chi connectivity index (χ3n) is 5.81. The molecule has 3 aliphatic rings. The largest absolute Gasteiger partial charge is 0.394 e. The van der Waals surface area contributed by atoms with Gasteiger partial charge in [-0.1, -0.05) is 6.92 Å². The van der Waals surface area contributed by atoms with Crippen molar-refractivity contribution in [3.05, 3.63) is 0 Å². The number of hydrogen-bond acceptors (Lipinski definition) is 9. The number of aliphatic hydroxyl groups is 5. The Balaban J connectivity index is 1.75. The second kappa shape index (κ2) is 6.82. The molecule has 0 spiro atoms. The van der Waals surface area contributed by atoms with Crippen LogP contribution in [0.2, 0.25) is 0 Å². The summed E-state index contributed by atoms with van der Waals surface area (Å²) in [5.74, 6) is -0.551. The van der Waals surface area contributed by atoms with Gasteiger partial charge in [0.25, 0.3) is 0 Å². The molecule has 5 N–H and O–H groups in total. The van der Waals surface area contributed by atoms with Crippen LogP contribution in [0.25, 0.3) is 0 Å². The molecule has 2 aliphatic heterocycles. The van der Waals surface area contributed by atoms with Crippen LogP contribution in [0.5, 0.6) is 0 Å². The summed E-state index contributed by atoms with van der Waals surface area (Å²) in [6.45, 7) is 2.70. The van der Waals surface area contributed by atoms with Crippen molar-refractivity contribution in [3.8, 4) is 0 Å². The number of Topliss-reactive ketones (excluding diaryl/α,β-unsaturated/α-hetero) is 1. The van der Waals surface area contributed by atoms with E-state index in [1.54, 1.807) is 6.92 Å². The van der Waals surface area contributed by atoms with E-state index in [2.05, 4.69) is 0 Å². The van der Waals surface area contributed by atoms with E-state index in [4.69, 9.17) is 14.2 Å². The molecule has 2 saturated heterocycles. The lowest BCUT2D eigenvalue weighted by atomic mass is 9.83. The molecule has 0 radical (unpaired) electrons. The molecule has 9 nitrogen and oxygen atoms in total. The summed E-state index contributed by atoms with van der Waals surface area (Å²) in [6, 6.07) is 0. The van der Waals surface area contributed by atoms with E-state index in [0.29, 0.717) is 6.42 Å². The van der Waals surface area contributed by atoms with Gasteiger partial charge in [0.1, 0.15) is 36.6 Å².